The molecule has 1 saturated heterocycles. The number of carbonyl (C=O) groups excluding carboxylic acids is 2. The van der Waals surface area contributed by atoms with Crippen LogP contribution in [0.1, 0.15) is 42.6 Å². The number of carbonyl (C=O) groups is 2. The second kappa shape index (κ2) is 7.40. The SMILES string of the molecule is O=C(c1cnc2ccccc2n1)N1CCN(C(=O)C2CCCCC2)CC1. The van der Waals surface area contributed by atoms with Gasteiger partial charge in [0.1, 0.15) is 5.69 Å². The quantitative estimate of drug-likeness (QED) is 0.833. The number of fused-ring (bicyclic) bond motifs is 1. The minimum Gasteiger partial charge on any atom is -0.339 e. The lowest BCUT2D eigenvalue weighted by atomic mass is 9.88. The predicted molar refractivity (Wildman–Crippen MR) is 98.6 cm³/mol. The summed E-state index contributed by atoms with van der Waals surface area (Å²) in [6.07, 6.45) is 7.16. The van der Waals surface area contributed by atoms with Crippen LogP contribution in [0.25, 0.3) is 11.0 Å². The second-order valence-electron chi connectivity index (χ2n) is 7.20. The molecule has 2 aliphatic rings. The van der Waals surface area contributed by atoms with E-state index in [0.717, 1.165) is 36.7 Å². The molecule has 0 bridgehead atoms. The average Bonchev–Trinajstić information content (AvgIpc) is 2.73. The molecule has 0 spiro atoms. The van der Waals surface area contributed by atoms with Gasteiger partial charge in [0.05, 0.1) is 17.2 Å². The molecule has 2 amide bonds. The van der Waals surface area contributed by atoms with Crippen LogP contribution in [0, 0.1) is 5.92 Å². The summed E-state index contributed by atoms with van der Waals surface area (Å²) in [6, 6.07) is 7.54. The van der Waals surface area contributed by atoms with Gasteiger partial charge in [-0.3, -0.25) is 14.6 Å². The van der Waals surface area contributed by atoms with Gasteiger partial charge in [-0.25, -0.2) is 4.98 Å². The molecule has 2 fully saturated rings. The van der Waals surface area contributed by atoms with Crippen LogP contribution in [0.5, 0.6) is 0 Å². The Balaban J connectivity index is 1.39. The van der Waals surface area contributed by atoms with E-state index in [9.17, 15) is 9.59 Å². The molecule has 6 heteroatoms. The molecule has 136 valence electrons. The Bertz CT molecular complexity index is 808. The van der Waals surface area contributed by atoms with E-state index in [1.807, 2.05) is 29.2 Å². The van der Waals surface area contributed by atoms with Crippen molar-refractivity contribution in [2.24, 2.45) is 5.92 Å². The summed E-state index contributed by atoms with van der Waals surface area (Å²) >= 11 is 0. The van der Waals surface area contributed by atoms with E-state index in [-0.39, 0.29) is 17.7 Å². The lowest BCUT2D eigenvalue weighted by Gasteiger charge is -2.37. The average molecular weight is 352 g/mol. The second-order valence-corrected chi connectivity index (χ2v) is 7.20. The highest BCUT2D eigenvalue weighted by Crippen LogP contribution is 2.26. The number of nitrogens with zero attached hydrogens (tertiary/aromatic N) is 4. The van der Waals surface area contributed by atoms with Crippen LogP contribution >= 0.6 is 0 Å². The molecular formula is C20H24N4O2. The van der Waals surface area contributed by atoms with Gasteiger partial charge in [0, 0.05) is 32.1 Å². The molecule has 1 aromatic carbocycles. The van der Waals surface area contributed by atoms with Crippen molar-refractivity contribution in [3.63, 3.8) is 0 Å². The van der Waals surface area contributed by atoms with Gasteiger partial charge in [-0.1, -0.05) is 31.4 Å². The van der Waals surface area contributed by atoms with E-state index < -0.39 is 0 Å². The smallest absolute Gasteiger partial charge is 0.274 e. The minimum atomic E-state index is -0.104. The summed E-state index contributed by atoms with van der Waals surface area (Å²) in [5.74, 6) is 0.368. The fraction of sp³-hybridized carbons (Fsp3) is 0.500. The molecule has 4 rings (SSSR count). The monoisotopic (exact) mass is 352 g/mol. The van der Waals surface area contributed by atoms with E-state index in [1.165, 1.54) is 6.42 Å². The Hall–Kier alpha value is -2.50. The number of aromatic nitrogens is 2. The summed E-state index contributed by atoms with van der Waals surface area (Å²) < 4.78 is 0. The maximum absolute atomic E-state index is 12.7. The third-order valence-corrected chi connectivity index (χ3v) is 5.50. The standard InChI is InChI=1S/C20H24N4O2/c25-19(15-6-2-1-3-7-15)23-10-12-24(13-11-23)20(26)18-14-21-16-8-4-5-9-17(16)22-18/h4-5,8-9,14-15H,1-3,6-7,10-13H2. The van der Waals surface area contributed by atoms with Crippen LogP contribution < -0.4 is 0 Å². The van der Waals surface area contributed by atoms with Crippen molar-refractivity contribution in [2.75, 3.05) is 26.2 Å². The Morgan fingerprint density at radius 1 is 0.885 bits per heavy atom. The predicted octanol–water partition coefficient (Wildman–Crippen LogP) is 2.49. The molecule has 1 aliphatic heterocycles. The number of benzene rings is 1. The first-order valence-electron chi connectivity index (χ1n) is 9.52. The largest absolute Gasteiger partial charge is 0.339 e. The van der Waals surface area contributed by atoms with Gasteiger partial charge in [0.25, 0.3) is 5.91 Å². The van der Waals surface area contributed by atoms with Crippen molar-refractivity contribution in [3.8, 4) is 0 Å². The lowest BCUT2D eigenvalue weighted by molar-refractivity contribution is -0.138. The van der Waals surface area contributed by atoms with Gasteiger partial charge in [-0.2, -0.15) is 0 Å². The van der Waals surface area contributed by atoms with Crippen molar-refractivity contribution in [1.82, 2.24) is 19.8 Å². The number of rotatable bonds is 2. The molecule has 6 nitrogen and oxygen atoms in total. The van der Waals surface area contributed by atoms with E-state index in [2.05, 4.69) is 9.97 Å². The van der Waals surface area contributed by atoms with Crippen molar-refractivity contribution < 1.29 is 9.59 Å². The summed E-state index contributed by atoms with van der Waals surface area (Å²) in [5.41, 5.74) is 1.88. The molecule has 1 aliphatic carbocycles. The van der Waals surface area contributed by atoms with Crippen molar-refractivity contribution in [1.29, 1.82) is 0 Å². The van der Waals surface area contributed by atoms with Crippen LogP contribution in [0.3, 0.4) is 0 Å². The molecule has 0 atom stereocenters. The highest BCUT2D eigenvalue weighted by molar-refractivity contribution is 5.94. The summed E-state index contributed by atoms with van der Waals surface area (Å²) in [7, 11) is 0. The summed E-state index contributed by atoms with van der Waals surface area (Å²) in [6.45, 7) is 2.35. The molecular weight excluding hydrogens is 328 g/mol. The highest BCUT2D eigenvalue weighted by atomic mass is 16.2. The number of hydrogen-bond donors (Lipinski definition) is 0. The topological polar surface area (TPSA) is 66.4 Å². The van der Waals surface area contributed by atoms with Gasteiger partial charge in [-0.05, 0) is 25.0 Å². The molecule has 1 aromatic heterocycles. The van der Waals surface area contributed by atoms with Gasteiger partial charge in [0.2, 0.25) is 5.91 Å². The molecule has 2 heterocycles. The normalized spacial score (nSPS) is 18.9. The van der Waals surface area contributed by atoms with Crippen LogP contribution in [0.2, 0.25) is 0 Å². The van der Waals surface area contributed by atoms with E-state index in [4.69, 9.17) is 0 Å². The zero-order chi connectivity index (χ0) is 17.9. The maximum Gasteiger partial charge on any atom is 0.274 e. The molecule has 0 radical (unpaired) electrons. The first-order valence-corrected chi connectivity index (χ1v) is 9.52. The maximum atomic E-state index is 12.7. The van der Waals surface area contributed by atoms with E-state index in [1.54, 1.807) is 11.1 Å². The van der Waals surface area contributed by atoms with E-state index in [0.29, 0.717) is 31.9 Å². The minimum absolute atomic E-state index is 0.104. The van der Waals surface area contributed by atoms with E-state index >= 15 is 0 Å². The molecule has 0 N–H and O–H groups in total. The van der Waals surface area contributed by atoms with Crippen LogP contribution in [-0.2, 0) is 4.79 Å². The first kappa shape index (κ1) is 16.9. The van der Waals surface area contributed by atoms with Crippen LogP contribution in [-0.4, -0.2) is 57.8 Å². The van der Waals surface area contributed by atoms with Crippen molar-refractivity contribution in [2.45, 2.75) is 32.1 Å². The Labute approximate surface area is 153 Å². The highest BCUT2D eigenvalue weighted by Gasteiger charge is 2.30. The zero-order valence-electron chi connectivity index (χ0n) is 14.9. The van der Waals surface area contributed by atoms with Crippen LogP contribution in [0.4, 0.5) is 0 Å². The Kier molecular flexibility index (Phi) is 4.82. The number of piperazine rings is 1. The fourth-order valence-electron chi connectivity index (χ4n) is 3.96. The van der Waals surface area contributed by atoms with Crippen molar-refractivity contribution >= 4 is 22.8 Å². The Morgan fingerprint density at radius 2 is 1.54 bits per heavy atom. The third kappa shape index (κ3) is 3.41. The molecule has 0 unspecified atom stereocenters. The summed E-state index contributed by atoms with van der Waals surface area (Å²) in [4.78, 5) is 37.9. The fourth-order valence-corrected chi connectivity index (χ4v) is 3.96. The van der Waals surface area contributed by atoms with Gasteiger partial charge >= 0.3 is 0 Å². The number of hydrogen-bond acceptors (Lipinski definition) is 4. The molecule has 1 saturated carbocycles. The molecule has 2 aromatic rings. The first-order chi connectivity index (χ1) is 12.7. The molecule has 26 heavy (non-hydrogen) atoms. The van der Waals surface area contributed by atoms with Crippen molar-refractivity contribution in [3.05, 3.63) is 36.2 Å². The van der Waals surface area contributed by atoms with Crippen LogP contribution in [0.15, 0.2) is 30.5 Å². The zero-order valence-corrected chi connectivity index (χ0v) is 14.9. The Morgan fingerprint density at radius 3 is 2.27 bits per heavy atom. The number of para-hydroxylation sites is 2. The van der Waals surface area contributed by atoms with Gasteiger partial charge in [-0.15, -0.1) is 0 Å². The third-order valence-electron chi connectivity index (χ3n) is 5.50. The van der Waals surface area contributed by atoms with Gasteiger partial charge < -0.3 is 9.80 Å². The lowest BCUT2D eigenvalue weighted by Crippen LogP contribution is -2.52. The van der Waals surface area contributed by atoms with Gasteiger partial charge in [0.15, 0.2) is 0 Å². The number of amides is 2. The summed E-state index contributed by atoms with van der Waals surface area (Å²) in [5, 5.41) is 0.